The molecular weight excluding hydrogens is 257 g/mol. The zero-order chi connectivity index (χ0) is 14.5. The van der Waals surface area contributed by atoms with Crippen molar-refractivity contribution in [1.82, 2.24) is 9.80 Å². The number of halogens is 1. The molecule has 1 atom stereocenters. The van der Waals surface area contributed by atoms with E-state index < -0.39 is 0 Å². The number of nitrogens with zero attached hydrogens (tertiary/aromatic N) is 2. The van der Waals surface area contributed by atoms with Gasteiger partial charge in [-0.1, -0.05) is 19.1 Å². The summed E-state index contributed by atoms with van der Waals surface area (Å²) in [5.41, 5.74) is 6.47. The van der Waals surface area contributed by atoms with Crippen LogP contribution in [0.3, 0.4) is 0 Å². The maximum Gasteiger partial charge on any atom is 0.314 e. The smallest absolute Gasteiger partial charge is 0.314 e. The average molecular weight is 279 g/mol. The lowest BCUT2D eigenvalue weighted by atomic mass is 10.0. The van der Waals surface area contributed by atoms with Crippen molar-refractivity contribution in [3.8, 4) is 0 Å². The maximum absolute atomic E-state index is 13.0. The number of carbonyl (C=O) groups excluding carboxylic acids is 1. The number of hydrogen-bond donors (Lipinski definition) is 1. The van der Waals surface area contributed by atoms with Crippen molar-refractivity contribution in [2.24, 2.45) is 5.73 Å². The van der Waals surface area contributed by atoms with Crippen LogP contribution < -0.4 is 5.73 Å². The van der Waals surface area contributed by atoms with E-state index in [0.717, 1.165) is 31.5 Å². The van der Waals surface area contributed by atoms with Crippen LogP contribution in [0, 0.1) is 5.82 Å². The van der Waals surface area contributed by atoms with E-state index in [4.69, 9.17) is 5.73 Å². The van der Waals surface area contributed by atoms with Crippen molar-refractivity contribution in [2.45, 2.75) is 25.8 Å². The number of nitrogens with two attached hydrogens (primary N) is 1. The van der Waals surface area contributed by atoms with E-state index in [1.54, 1.807) is 4.90 Å². The molecule has 1 fully saturated rings. The van der Waals surface area contributed by atoms with Gasteiger partial charge in [-0.3, -0.25) is 4.90 Å². The van der Waals surface area contributed by atoms with Crippen molar-refractivity contribution in [3.05, 3.63) is 35.6 Å². The van der Waals surface area contributed by atoms with Crippen LogP contribution in [-0.4, -0.2) is 42.0 Å². The normalized spacial score (nSPS) is 18.6. The topological polar surface area (TPSA) is 49.6 Å². The highest BCUT2D eigenvalue weighted by Crippen LogP contribution is 2.25. The van der Waals surface area contributed by atoms with E-state index in [1.165, 1.54) is 12.1 Å². The summed E-state index contributed by atoms with van der Waals surface area (Å²) in [6.45, 7) is 5.24. The highest BCUT2D eigenvalue weighted by Gasteiger charge is 2.23. The van der Waals surface area contributed by atoms with E-state index in [2.05, 4.69) is 11.8 Å². The number of carbonyl (C=O) groups is 1. The zero-order valence-corrected chi connectivity index (χ0v) is 11.9. The zero-order valence-electron chi connectivity index (χ0n) is 11.9. The molecule has 1 aliphatic heterocycles. The summed E-state index contributed by atoms with van der Waals surface area (Å²) in [7, 11) is 0. The summed E-state index contributed by atoms with van der Waals surface area (Å²) in [6.07, 6.45) is 1.88. The van der Waals surface area contributed by atoms with Crippen molar-refractivity contribution in [1.29, 1.82) is 0 Å². The van der Waals surface area contributed by atoms with Crippen LogP contribution in [0.5, 0.6) is 0 Å². The van der Waals surface area contributed by atoms with E-state index in [-0.39, 0.29) is 17.9 Å². The van der Waals surface area contributed by atoms with Gasteiger partial charge in [0.2, 0.25) is 0 Å². The Balaban J connectivity index is 2.07. The molecule has 1 aliphatic rings. The molecule has 0 radical (unpaired) electrons. The van der Waals surface area contributed by atoms with Crippen molar-refractivity contribution in [2.75, 3.05) is 26.2 Å². The lowest BCUT2D eigenvalue weighted by Crippen LogP contribution is -2.39. The first-order valence-corrected chi connectivity index (χ1v) is 7.15. The predicted octanol–water partition coefficient (Wildman–Crippen LogP) is 2.36. The fourth-order valence-corrected chi connectivity index (χ4v) is 2.86. The van der Waals surface area contributed by atoms with Crippen LogP contribution in [0.4, 0.5) is 9.18 Å². The molecule has 1 heterocycles. The summed E-state index contributed by atoms with van der Waals surface area (Å²) in [4.78, 5) is 15.3. The van der Waals surface area contributed by atoms with Crippen LogP contribution >= 0.6 is 0 Å². The van der Waals surface area contributed by atoms with Gasteiger partial charge in [-0.2, -0.15) is 0 Å². The molecule has 5 heteroatoms. The monoisotopic (exact) mass is 279 g/mol. The minimum Gasteiger partial charge on any atom is -0.351 e. The van der Waals surface area contributed by atoms with Gasteiger partial charge in [0.1, 0.15) is 5.82 Å². The van der Waals surface area contributed by atoms with E-state index in [9.17, 15) is 9.18 Å². The molecule has 0 aromatic heterocycles. The number of urea groups is 1. The Kier molecular flexibility index (Phi) is 4.95. The summed E-state index contributed by atoms with van der Waals surface area (Å²) in [5, 5.41) is 0. The summed E-state index contributed by atoms with van der Waals surface area (Å²) < 4.78 is 13.0. The molecule has 0 aliphatic carbocycles. The molecule has 1 saturated heterocycles. The van der Waals surface area contributed by atoms with Gasteiger partial charge in [0.05, 0.1) is 0 Å². The third-order valence-electron chi connectivity index (χ3n) is 3.92. The molecule has 0 saturated carbocycles. The first kappa shape index (κ1) is 14.8. The standard InChI is InChI=1S/C15H22FN3O/c1-2-14(12-4-6-13(16)7-5-12)18-8-3-9-19(11-10-18)15(17)20/h4-7,14H,2-3,8-11H2,1H3,(H2,17,20)/t14-/m0/s1. The van der Waals surface area contributed by atoms with Crippen LogP contribution in [0.2, 0.25) is 0 Å². The average Bonchev–Trinajstić information content (AvgIpc) is 2.68. The van der Waals surface area contributed by atoms with E-state index in [1.807, 2.05) is 12.1 Å². The number of benzene rings is 1. The molecule has 4 nitrogen and oxygen atoms in total. The van der Waals surface area contributed by atoms with Crippen LogP contribution in [0.15, 0.2) is 24.3 Å². The fourth-order valence-electron chi connectivity index (χ4n) is 2.86. The minimum atomic E-state index is -0.346. The molecule has 2 amide bonds. The highest BCUT2D eigenvalue weighted by molar-refractivity contribution is 5.71. The number of hydrogen-bond acceptors (Lipinski definition) is 2. The molecule has 2 rings (SSSR count). The Morgan fingerprint density at radius 3 is 2.55 bits per heavy atom. The number of amides is 2. The minimum absolute atomic E-state index is 0.209. The molecule has 1 aromatic carbocycles. The Hall–Kier alpha value is -1.62. The predicted molar refractivity (Wildman–Crippen MR) is 76.8 cm³/mol. The third kappa shape index (κ3) is 3.48. The van der Waals surface area contributed by atoms with Crippen LogP contribution in [-0.2, 0) is 0 Å². The molecule has 0 bridgehead atoms. The van der Waals surface area contributed by atoms with Gasteiger partial charge < -0.3 is 10.6 Å². The summed E-state index contributed by atoms with van der Waals surface area (Å²) >= 11 is 0. The van der Waals surface area contributed by atoms with Gasteiger partial charge in [-0.25, -0.2) is 9.18 Å². The lowest BCUT2D eigenvalue weighted by molar-refractivity contribution is 0.189. The first-order chi connectivity index (χ1) is 9.61. The molecule has 20 heavy (non-hydrogen) atoms. The SMILES string of the molecule is CC[C@@H](c1ccc(F)cc1)N1CCCN(C(N)=O)CC1. The Bertz CT molecular complexity index is 449. The van der Waals surface area contributed by atoms with Gasteiger partial charge in [0.15, 0.2) is 0 Å². The first-order valence-electron chi connectivity index (χ1n) is 7.15. The van der Waals surface area contributed by atoms with Crippen molar-refractivity contribution < 1.29 is 9.18 Å². The molecule has 0 unspecified atom stereocenters. The second kappa shape index (κ2) is 6.70. The van der Waals surface area contributed by atoms with E-state index >= 15 is 0 Å². The molecule has 1 aromatic rings. The van der Waals surface area contributed by atoms with Gasteiger partial charge in [0.25, 0.3) is 0 Å². The quantitative estimate of drug-likeness (QED) is 0.923. The van der Waals surface area contributed by atoms with Gasteiger partial charge in [0, 0.05) is 32.2 Å². The lowest BCUT2D eigenvalue weighted by Gasteiger charge is -2.30. The maximum atomic E-state index is 13.0. The van der Waals surface area contributed by atoms with E-state index in [0.29, 0.717) is 13.1 Å². The Morgan fingerprint density at radius 1 is 1.25 bits per heavy atom. The molecule has 110 valence electrons. The molecular formula is C15H22FN3O. The molecule has 2 N–H and O–H groups in total. The third-order valence-corrected chi connectivity index (χ3v) is 3.92. The van der Waals surface area contributed by atoms with Gasteiger partial charge in [-0.05, 0) is 30.5 Å². The van der Waals surface area contributed by atoms with Crippen molar-refractivity contribution >= 4 is 6.03 Å². The molecule has 0 spiro atoms. The number of primary amides is 1. The van der Waals surface area contributed by atoms with Crippen LogP contribution in [0.1, 0.15) is 31.4 Å². The highest BCUT2D eigenvalue weighted by atomic mass is 19.1. The Morgan fingerprint density at radius 2 is 1.95 bits per heavy atom. The largest absolute Gasteiger partial charge is 0.351 e. The van der Waals surface area contributed by atoms with Crippen LogP contribution in [0.25, 0.3) is 0 Å². The van der Waals surface area contributed by atoms with Gasteiger partial charge in [-0.15, -0.1) is 0 Å². The summed E-state index contributed by atoms with van der Waals surface area (Å²) in [5.74, 6) is -0.209. The Labute approximate surface area is 119 Å². The summed E-state index contributed by atoms with van der Waals surface area (Å²) in [6, 6.07) is 6.63. The fraction of sp³-hybridized carbons (Fsp3) is 0.533. The second-order valence-corrected chi connectivity index (χ2v) is 5.19. The van der Waals surface area contributed by atoms with Gasteiger partial charge >= 0.3 is 6.03 Å². The number of rotatable bonds is 3. The van der Waals surface area contributed by atoms with Crippen molar-refractivity contribution in [3.63, 3.8) is 0 Å². The second-order valence-electron chi connectivity index (χ2n) is 5.19.